The molecule has 0 saturated carbocycles. The van der Waals surface area contributed by atoms with E-state index in [4.69, 9.17) is 0 Å². The van der Waals surface area contributed by atoms with Crippen LogP contribution in [-0.2, 0) is 0 Å². The van der Waals surface area contributed by atoms with E-state index in [0.29, 0.717) is 0 Å². The SMILES string of the molecule is CCCCN(C)CC.CCCN(C)CC. The summed E-state index contributed by atoms with van der Waals surface area (Å²) in [5, 5.41) is 0. The fourth-order valence-electron chi connectivity index (χ4n) is 1.13. The van der Waals surface area contributed by atoms with Gasteiger partial charge in [-0.05, 0) is 53.1 Å². The Hall–Kier alpha value is -0.0800. The Bertz CT molecular complexity index is 105. The van der Waals surface area contributed by atoms with Crippen molar-refractivity contribution < 1.29 is 0 Å². The molecule has 0 atom stereocenters. The maximum atomic E-state index is 2.34. The largest absolute Gasteiger partial charge is 0.307 e. The van der Waals surface area contributed by atoms with Gasteiger partial charge in [0.15, 0.2) is 0 Å². The Morgan fingerprint density at radius 2 is 1.13 bits per heavy atom. The molecule has 0 aromatic heterocycles. The van der Waals surface area contributed by atoms with Crippen molar-refractivity contribution in [3.05, 3.63) is 0 Å². The van der Waals surface area contributed by atoms with E-state index in [0.717, 1.165) is 0 Å². The van der Waals surface area contributed by atoms with Gasteiger partial charge in [0, 0.05) is 0 Å². The molecule has 0 bridgehead atoms. The van der Waals surface area contributed by atoms with Gasteiger partial charge in [-0.15, -0.1) is 0 Å². The van der Waals surface area contributed by atoms with Crippen LogP contribution in [0.25, 0.3) is 0 Å². The smallest absolute Gasteiger partial charge is 0.00220 e. The minimum atomic E-state index is 1.17. The third kappa shape index (κ3) is 16.6. The minimum absolute atomic E-state index is 1.17. The van der Waals surface area contributed by atoms with Crippen LogP contribution in [0.2, 0.25) is 0 Å². The molecule has 0 spiro atoms. The highest BCUT2D eigenvalue weighted by atomic mass is 15.1. The quantitative estimate of drug-likeness (QED) is 0.645. The average Bonchev–Trinajstić information content (AvgIpc) is 2.26. The standard InChI is InChI=1S/C7H17N.C6H15N/c1-4-6-7-8(3)5-2;1-4-6-7(3)5-2/h4-7H2,1-3H3;4-6H2,1-3H3. The van der Waals surface area contributed by atoms with E-state index in [2.05, 4.69) is 51.6 Å². The highest BCUT2D eigenvalue weighted by Gasteiger charge is 1.89. The van der Waals surface area contributed by atoms with Crippen molar-refractivity contribution in [1.29, 1.82) is 0 Å². The first-order chi connectivity index (χ1) is 7.12. The third-order valence-electron chi connectivity index (χ3n) is 2.58. The predicted molar refractivity (Wildman–Crippen MR) is 71.5 cm³/mol. The summed E-state index contributed by atoms with van der Waals surface area (Å²) < 4.78 is 0. The second-order valence-corrected chi connectivity index (χ2v) is 4.15. The summed E-state index contributed by atoms with van der Waals surface area (Å²) in [6.07, 6.45) is 3.92. The molecule has 0 aliphatic rings. The minimum Gasteiger partial charge on any atom is -0.307 e. The number of hydrogen-bond donors (Lipinski definition) is 0. The molecular formula is C13H32N2. The van der Waals surface area contributed by atoms with Crippen LogP contribution in [-0.4, -0.2) is 50.1 Å². The van der Waals surface area contributed by atoms with E-state index in [-0.39, 0.29) is 0 Å². The van der Waals surface area contributed by atoms with Gasteiger partial charge in [0.25, 0.3) is 0 Å². The summed E-state index contributed by atoms with van der Waals surface area (Å²) in [4.78, 5) is 4.64. The Balaban J connectivity index is 0. The van der Waals surface area contributed by atoms with Crippen LogP contribution in [0.5, 0.6) is 0 Å². The van der Waals surface area contributed by atoms with Gasteiger partial charge in [0.05, 0.1) is 0 Å². The van der Waals surface area contributed by atoms with Gasteiger partial charge < -0.3 is 9.80 Å². The lowest BCUT2D eigenvalue weighted by Gasteiger charge is -2.11. The first-order valence-electron chi connectivity index (χ1n) is 6.49. The Kier molecular flexibility index (Phi) is 16.1. The number of unbranched alkanes of at least 4 members (excludes halogenated alkanes) is 1. The van der Waals surface area contributed by atoms with Crippen LogP contribution in [0.3, 0.4) is 0 Å². The molecule has 0 unspecified atom stereocenters. The van der Waals surface area contributed by atoms with Crippen LogP contribution >= 0.6 is 0 Å². The molecule has 94 valence electrons. The second kappa shape index (κ2) is 13.9. The van der Waals surface area contributed by atoms with Crippen LogP contribution in [0.4, 0.5) is 0 Å². The molecule has 0 aliphatic carbocycles. The van der Waals surface area contributed by atoms with Crippen molar-refractivity contribution >= 4 is 0 Å². The van der Waals surface area contributed by atoms with Crippen molar-refractivity contribution in [2.24, 2.45) is 0 Å². The van der Waals surface area contributed by atoms with Gasteiger partial charge in [-0.1, -0.05) is 34.1 Å². The maximum absolute atomic E-state index is 2.34. The summed E-state index contributed by atoms with van der Waals surface area (Å²) in [7, 11) is 4.30. The van der Waals surface area contributed by atoms with E-state index in [1.54, 1.807) is 0 Å². The van der Waals surface area contributed by atoms with Gasteiger partial charge in [-0.3, -0.25) is 0 Å². The molecule has 0 aliphatic heterocycles. The van der Waals surface area contributed by atoms with Crippen LogP contribution in [0.1, 0.15) is 47.0 Å². The summed E-state index contributed by atoms with van der Waals surface area (Å²) in [6.45, 7) is 13.6. The molecular weight excluding hydrogens is 184 g/mol. The molecule has 15 heavy (non-hydrogen) atoms. The molecule has 0 saturated heterocycles. The van der Waals surface area contributed by atoms with Crippen molar-refractivity contribution in [2.45, 2.75) is 47.0 Å². The molecule has 0 aromatic carbocycles. The normalized spacial score (nSPS) is 10.4. The van der Waals surface area contributed by atoms with Crippen molar-refractivity contribution in [2.75, 3.05) is 40.3 Å². The first-order valence-corrected chi connectivity index (χ1v) is 6.49. The maximum Gasteiger partial charge on any atom is -0.00220 e. The van der Waals surface area contributed by atoms with E-state index in [9.17, 15) is 0 Å². The molecule has 0 rings (SSSR count). The summed E-state index contributed by atoms with van der Waals surface area (Å²) in [5.41, 5.74) is 0. The molecule has 2 nitrogen and oxygen atoms in total. The third-order valence-corrected chi connectivity index (χ3v) is 2.58. The lowest BCUT2D eigenvalue weighted by Crippen LogP contribution is -2.18. The topological polar surface area (TPSA) is 6.48 Å². The van der Waals surface area contributed by atoms with Gasteiger partial charge in [-0.2, -0.15) is 0 Å². The van der Waals surface area contributed by atoms with Crippen LogP contribution in [0.15, 0.2) is 0 Å². The zero-order chi connectivity index (χ0) is 12.1. The van der Waals surface area contributed by atoms with Gasteiger partial charge >= 0.3 is 0 Å². The highest BCUT2D eigenvalue weighted by Crippen LogP contribution is 1.89. The Morgan fingerprint density at radius 3 is 1.40 bits per heavy atom. The van der Waals surface area contributed by atoms with Gasteiger partial charge in [-0.25, -0.2) is 0 Å². The van der Waals surface area contributed by atoms with E-state index in [1.165, 1.54) is 45.4 Å². The fourth-order valence-corrected chi connectivity index (χ4v) is 1.13. The predicted octanol–water partition coefficient (Wildman–Crippen LogP) is 3.09. The molecule has 2 heteroatoms. The van der Waals surface area contributed by atoms with E-state index >= 15 is 0 Å². The van der Waals surface area contributed by atoms with E-state index in [1.807, 2.05) is 0 Å². The molecule has 0 radical (unpaired) electrons. The summed E-state index contributed by atoms with van der Waals surface area (Å²) in [5.74, 6) is 0. The summed E-state index contributed by atoms with van der Waals surface area (Å²) >= 11 is 0. The molecule has 0 fully saturated rings. The zero-order valence-electron chi connectivity index (χ0n) is 11.8. The van der Waals surface area contributed by atoms with Crippen molar-refractivity contribution in [1.82, 2.24) is 9.80 Å². The van der Waals surface area contributed by atoms with Crippen LogP contribution < -0.4 is 0 Å². The zero-order valence-corrected chi connectivity index (χ0v) is 11.8. The number of hydrogen-bond acceptors (Lipinski definition) is 2. The molecule has 0 amide bonds. The molecule has 0 N–H and O–H groups in total. The average molecular weight is 216 g/mol. The highest BCUT2D eigenvalue weighted by molar-refractivity contribution is 4.44. The lowest BCUT2D eigenvalue weighted by atomic mass is 10.3. The molecule has 0 aromatic rings. The first kappa shape index (κ1) is 17.3. The van der Waals surface area contributed by atoms with Crippen LogP contribution in [0, 0.1) is 0 Å². The Morgan fingerprint density at radius 1 is 0.667 bits per heavy atom. The van der Waals surface area contributed by atoms with Gasteiger partial charge in [0.2, 0.25) is 0 Å². The van der Waals surface area contributed by atoms with Gasteiger partial charge in [0.1, 0.15) is 0 Å². The second-order valence-electron chi connectivity index (χ2n) is 4.15. The number of nitrogens with zero attached hydrogens (tertiary/aromatic N) is 2. The lowest BCUT2D eigenvalue weighted by molar-refractivity contribution is 0.346. The van der Waals surface area contributed by atoms with Crippen molar-refractivity contribution in [3.8, 4) is 0 Å². The fraction of sp³-hybridized carbons (Fsp3) is 1.00. The summed E-state index contributed by atoms with van der Waals surface area (Å²) in [6, 6.07) is 0. The molecule has 0 heterocycles. The number of rotatable bonds is 7. The van der Waals surface area contributed by atoms with Crippen molar-refractivity contribution in [3.63, 3.8) is 0 Å². The van der Waals surface area contributed by atoms with E-state index < -0.39 is 0 Å². The Labute approximate surface area is 97.6 Å². The monoisotopic (exact) mass is 216 g/mol.